The van der Waals surface area contributed by atoms with Gasteiger partial charge in [0, 0.05) is 22.6 Å². The molecule has 148 valence electrons. The van der Waals surface area contributed by atoms with Crippen LogP contribution in [0.4, 0.5) is 10.8 Å². The van der Waals surface area contributed by atoms with E-state index in [-0.39, 0.29) is 18.2 Å². The van der Waals surface area contributed by atoms with Crippen LogP contribution in [0.15, 0.2) is 53.4 Å². The second kappa shape index (κ2) is 8.39. The quantitative estimate of drug-likeness (QED) is 0.619. The van der Waals surface area contributed by atoms with Crippen LogP contribution >= 0.6 is 23.1 Å². The van der Waals surface area contributed by atoms with E-state index in [0.717, 1.165) is 27.6 Å². The Hall–Kier alpha value is -2.64. The average Bonchev–Trinajstić information content (AvgIpc) is 3.03. The fraction of sp³-hybridized carbons (Fsp3) is 0.227. The van der Waals surface area contributed by atoms with Gasteiger partial charge >= 0.3 is 0 Å². The van der Waals surface area contributed by atoms with Crippen LogP contribution in [-0.4, -0.2) is 22.0 Å². The lowest BCUT2D eigenvalue weighted by Gasteiger charge is -2.23. The van der Waals surface area contributed by atoms with Crippen molar-refractivity contribution in [2.45, 2.75) is 36.8 Å². The number of carbonyl (C=O) groups excluding carboxylic acids is 2. The maximum atomic E-state index is 12.5. The van der Waals surface area contributed by atoms with Crippen molar-refractivity contribution in [1.29, 1.82) is 0 Å². The van der Waals surface area contributed by atoms with Gasteiger partial charge in [0.15, 0.2) is 5.13 Å². The number of thioether (sulfide) groups is 1. The van der Waals surface area contributed by atoms with Gasteiger partial charge in [0.1, 0.15) is 0 Å². The van der Waals surface area contributed by atoms with E-state index >= 15 is 0 Å². The monoisotopic (exact) mass is 423 g/mol. The van der Waals surface area contributed by atoms with Gasteiger partial charge in [0.2, 0.25) is 11.8 Å². The first-order chi connectivity index (χ1) is 14.0. The summed E-state index contributed by atoms with van der Waals surface area (Å²) >= 11 is 2.91. The number of anilines is 2. The second-order valence-corrected chi connectivity index (χ2v) is 9.36. The summed E-state index contributed by atoms with van der Waals surface area (Å²) in [6, 6.07) is 16.0. The molecule has 7 heteroatoms. The maximum absolute atomic E-state index is 12.5. The molecule has 2 heterocycles. The molecule has 1 aliphatic rings. The standard InChI is InChI=1S/C22H21N3O2S2/c1-13-7-9-15(10-8-13)11-18-14(2)23-22(29-18)25-20(26)12-19-21(27)24-16-5-3-4-6-17(16)28-19/h3-10,19H,11-12H2,1-2H3,(H,24,27)(H,23,25,26). The van der Waals surface area contributed by atoms with Crippen molar-refractivity contribution in [1.82, 2.24) is 4.98 Å². The van der Waals surface area contributed by atoms with Gasteiger partial charge in [-0.15, -0.1) is 23.1 Å². The number of thiazole rings is 1. The number of carbonyl (C=O) groups is 2. The molecule has 1 atom stereocenters. The SMILES string of the molecule is Cc1ccc(Cc2sc(NC(=O)CC3Sc4ccccc4NC3=O)nc2C)cc1. The van der Waals surface area contributed by atoms with Crippen LogP contribution in [-0.2, 0) is 16.0 Å². The van der Waals surface area contributed by atoms with Crippen LogP contribution in [0.3, 0.4) is 0 Å². The highest BCUT2D eigenvalue weighted by Gasteiger charge is 2.29. The number of fused-ring (bicyclic) bond motifs is 1. The lowest BCUT2D eigenvalue weighted by molar-refractivity contribution is -0.120. The van der Waals surface area contributed by atoms with E-state index in [9.17, 15) is 9.59 Å². The van der Waals surface area contributed by atoms with Crippen molar-refractivity contribution in [3.63, 3.8) is 0 Å². The summed E-state index contributed by atoms with van der Waals surface area (Å²) in [5.74, 6) is -0.341. The average molecular weight is 424 g/mol. The Morgan fingerprint density at radius 1 is 1.14 bits per heavy atom. The van der Waals surface area contributed by atoms with Crippen LogP contribution in [0.5, 0.6) is 0 Å². The van der Waals surface area contributed by atoms with Gasteiger partial charge in [0.05, 0.1) is 16.6 Å². The first kappa shape index (κ1) is 19.7. The minimum Gasteiger partial charge on any atom is -0.324 e. The summed E-state index contributed by atoms with van der Waals surface area (Å²) in [5.41, 5.74) is 4.17. The molecular weight excluding hydrogens is 402 g/mol. The number of benzene rings is 2. The molecule has 0 fully saturated rings. The smallest absolute Gasteiger partial charge is 0.238 e. The number of hydrogen-bond donors (Lipinski definition) is 2. The maximum Gasteiger partial charge on any atom is 0.238 e. The van der Waals surface area contributed by atoms with Crippen molar-refractivity contribution in [2.24, 2.45) is 0 Å². The molecule has 5 nitrogen and oxygen atoms in total. The molecule has 0 radical (unpaired) electrons. The summed E-state index contributed by atoms with van der Waals surface area (Å²) in [4.78, 5) is 31.4. The minimum atomic E-state index is -0.446. The molecule has 0 bridgehead atoms. The van der Waals surface area contributed by atoms with Gasteiger partial charge in [-0.2, -0.15) is 0 Å². The number of aromatic nitrogens is 1. The number of para-hydroxylation sites is 1. The molecule has 2 amide bonds. The zero-order chi connectivity index (χ0) is 20.4. The van der Waals surface area contributed by atoms with Gasteiger partial charge in [0.25, 0.3) is 0 Å². The third-order valence-electron chi connectivity index (χ3n) is 4.70. The largest absolute Gasteiger partial charge is 0.324 e. The van der Waals surface area contributed by atoms with Crippen molar-refractivity contribution in [3.05, 3.63) is 70.2 Å². The second-order valence-electron chi connectivity index (χ2n) is 7.03. The van der Waals surface area contributed by atoms with E-state index in [0.29, 0.717) is 5.13 Å². The first-order valence-electron chi connectivity index (χ1n) is 9.36. The number of nitrogens with zero attached hydrogens (tertiary/aromatic N) is 1. The van der Waals surface area contributed by atoms with Crippen LogP contribution in [0.1, 0.15) is 28.1 Å². The highest BCUT2D eigenvalue weighted by Crippen LogP contribution is 2.36. The lowest BCUT2D eigenvalue weighted by Crippen LogP contribution is -2.32. The summed E-state index contributed by atoms with van der Waals surface area (Å²) in [6.07, 6.45) is 0.897. The fourth-order valence-corrected chi connectivity index (χ4v) is 5.23. The molecule has 0 spiro atoms. The molecule has 1 aromatic heterocycles. The van der Waals surface area contributed by atoms with Crippen LogP contribution < -0.4 is 10.6 Å². The Bertz CT molecular complexity index is 1060. The number of aryl methyl sites for hydroxylation is 2. The molecule has 29 heavy (non-hydrogen) atoms. The zero-order valence-corrected chi connectivity index (χ0v) is 17.8. The van der Waals surface area contributed by atoms with Gasteiger partial charge in [-0.25, -0.2) is 4.98 Å². The number of hydrogen-bond acceptors (Lipinski definition) is 5. The molecule has 3 aromatic rings. The Labute approximate surface area is 178 Å². The van der Waals surface area contributed by atoms with Crippen molar-refractivity contribution in [2.75, 3.05) is 10.6 Å². The molecule has 0 aliphatic carbocycles. The van der Waals surface area contributed by atoms with Crippen LogP contribution in [0.25, 0.3) is 0 Å². The normalized spacial score (nSPS) is 15.5. The number of nitrogens with one attached hydrogen (secondary N) is 2. The van der Waals surface area contributed by atoms with Gasteiger partial charge in [-0.3, -0.25) is 9.59 Å². The molecular formula is C22H21N3O2S2. The Kier molecular flexibility index (Phi) is 5.69. The highest BCUT2D eigenvalue weighted by molar-refractivity contribution is 8.01. The summed E-state index contributed by atoms with van der Waals surface area (Å²) < 4.78 is 0. The van der Waals surface area contributed by atoms with Crippen molar-refractivity contribution in [3.8, 4) is 0 Å². The molecule has 0 saturated carbocycles. The molecule has 1 aliphatic heterocycles. The van der Waals surface area contributed by atoms with Gasteiger partial charge < -0.3 is 10.6 Å². The lowest BCUT2D eigenvalue weighted by atomic mass is 10.1. The van der Waals surface area contributed by atoms with E-state index < -0.39 is 5.25 Å². The third kappa shape index (κ3) is 4.68. The summed E-state index contributed by atoms with van der Waals surface area (Å²) in [6.45, 7) is 4.02. The van der Waals surface area contributed by atoms with E-state index in [1.807, 2.05) is 31.2 Å². The molecule has 4 rings (SSSR count). The van der Waals surface area contributed by atoms with Crippen molar-refractivity contribution >= 4 is 45.7 Å². The fourth-order valence-electron chi connectivity index (χ4n) is 3.10. The third-order valence-corrected chi connectivity index (χ3v) is 7.05. The number of rotatable bonds is 5. The van der Waals surface area contributed by atoms with E-state index in [2.05, 4.69) is 46.8 Å². The van der Waals surface area contributed by atoms with Gasteiger partial charge in [-0.05, 0) is 31.5 Å². The Balaban J connectivity index is 1.39. The first-order valence-corrected chi connectivity index (χ1v) is 11.1. The topological polar surface area (TPSA) is 71.1 Å². The highest BCUT2D eigenvalue weighted by atomic mass is 32.2. The van der Waals surface area contributed by atoms with E-state index in [1.54, 1.807) is 0 Å². The molecule has 2 N–H and O–H groups in total. The van der Waals surface area contributed by atoms with Crippen LogP contribution in [0, 0.1) is 13.8 Å². The predicted molar refractivity (Wildman–Crippen MR) is 119 cm³/mol. The number of amides is 2. The predicted octanol–water partition coefficient (Wildman–Crippen LogP) is 4.79. The minimum absolute atomic E-state index is 0.108. The van der Waals surface area contributed by atoms with E-state index in [1.165, 1.54) is 34.2 Å². The molecule has 1 unspecified atom stereocenters. The summed E-state index contributed by atoms with van der Waals surface area (Å²) in [5, 5.41) is 5.87. The van der Waals surface area contributed by atoms with E-state index in [4.69, 9.17) is 0 Å². The summed E-state index contributed by atoms with van der Waals surface area (Å²) in [7, 11) is 0. The molecule has 0 saturated heterocycles. The Morgan fingerprint density at radius 2 is 1.90 bits per heavy atom. The van der Waals surface area contributed by atoms with Crippen molar-refractivity contribution < 1.29 is 9.59 Å². The van der Waals surface area contributed by atoms with Crippen LogP contribution in [0.2, 0.25) is 0 Å². The Morgan fingerprint density at radius 3 is 2.69 bits per heavy atom. The van der Waals surface area contributed by atoms with Gasteiger partial charge in [-0.1, -0.05) is 42.0 Å². The molecule has 2 aromatic carbocycles. The zero-order valence-electron chi connectivity index (χ0n) is 16.2.